The van der Waals surface area contributed by atoms with Crippen LogP contribution in [-0.2, 0) is 11.2 Å². The number of aromatic nitrogens is 2. The molecule has 1 heterocycles. The van der Waals surface area contributed by atoms with E-state index < -0.39 is 17.9 Å². The Morgan fingerprint density at radius 2 is 1.92 bits per heavy atom. The lowest BCUT2D eigenvalue weighted by atomic mass is 10.0. The van der Waals surface area contributed by atoms with E-state index in [0.29, 0.717) is 23.4 Å². The fourth-order valence-electron chi connectivity index (χ4n) is 2.41. The number of carbonyl (C=O) groups excluding carboxylic acids is 2. The molecule has 3 N–H and O–H groups in total. The minimum Gasteiger partial charge on any atom is -0.368 e. The Labute approximate surface area is 143 Å². The first-order chi connectivity index (χ1) is 12.1. The molecule has 0 unspecified atom stereocenters. The van der Waals surface area contributed by atoms with Gasteiger partial charge in [-0.15, -0.1) is 0 Å². The summed E-state index contributed by atoms with van der Waals surface area (Å²) >= 11 is 0. The van der Waals surface area contributed by atoms with Crippen LogP contribution < -0.4 is 11.1 Å². The van der Waals surface area contributed by atoms with Gasteiger partial charge < -0.3 is 15.6 Å². The number of hydrogen-bond donors (Lipinski definition) is 2. The SMILES string of the molecule is NC(=O)[C@@H](Cc1ccccc1)NC(=O)c1cccc(-c2ncon2)c1. The van der Waals surface area contributed by atoms with Crippen LogP contribution >= 0.6 is 0 Å². The highest BCUT2D eigenvalue weighted by atomic mass is 16.5. The predicted molar refractivity (Wildman–Crippen MR) is 90.3 cm³/mol. The largest absolute Gasteiger partial charge is 0.368 e. The third kappa shape index (κ3) is 4.08. The predicted octanol–water partition coefficient (Wildman–Crippen LogP) is 1.56. The summed E-state index contributed by atoms with van der Waals surface area (Å²) in [7, 11) is 0. The molecule has 0 saturated carbocycles. The van der Waals surface area contributed by atoms with Gasteiger partial charge in [0.05, 0.1) is 0 Å². The number of rotatable bonds is 6. The molecule has 0 aliphatic rings. The number of carbonyl (C=O) groups is 2. The van der Waals surface area contributed by atoms with E-state index in [4.69, 9.17) is 10.3 Å². The van der Waals surface area contributed by atoms with Crippen LogP contribution in [0.2, 0.25) is 0 Å². The van der Waals surface area contributed by atoms with Crippen LogP contribution in [0.15, 0.2) is 65.5 Å². The third-order valence-corrected chi connectivity index (χ3v) is 3.68. The van der Waals surface area contributed by atoms with Gasteiger partial charge in [-0.2, -0.15) is 4.98 Å². The minimum atomic E-state index is -0.802. The van der Waals surface area contributed by atoms with Crippen molar-refractivity contribution < 1.29 is 14.1 Å². The van der Waals surface area contributed by atoms with Gasteiger partial charge in [0.1, 0.15) is 6.04 Å². The van der Waals surface area contributed by atoms with Crippen molar-refractivity contribution in [3.63, 3.8) is 0 Å². The maximum atomic E-state index is 12.5. The zero-order valence-corrected chi connectivity index (χ0v) is 13.3. The highest BCUT2D eigenvalue weighted by Crippen LogP contribution is 2.16. The van der Waals surface area contributed by atoms with Gasteiger partial charge in [-0.1, -0.05) is 47.6 Å². The number of primary amides is 1. The van der Waals surface area contributed by atoms with Crippen molar-refractivity contribution in [2.45, 2.75) is 12.5 Å². The molecule has 7 nitrogen and oxygen atoms in total. The molecule has 0 aliphatic heterocycles. The number of nitrogens with one attached hydrogen (secondary N) is 1. The van der Waals surface area contributed by atoms with E-state index in [2.05, 4.69) is 15.5 Å². The van der Waals surface area contributed by atoms with Crippen molar-refractivity contribution in [3.8, 4) is 11.4 Å². The minimum absolute atomic E-state index is 0.326. The number of nitrogens with two attached hydrogens (primary N) is 1. The molecular weight excluding hydrogens is 320 g/mol. The fourth-order valence-corrected chi connectivity index (χ4v) is 2.41. The zero-order chi connectivity index (χ0) is 17.6. The van der Waals surface area contributed by atoms with Crippen molar-refractivity contribution in [2.24, 2.45) is 5.73 Å². The van der Waals surface area contributed by atoms with Crippen LogP contribution in [0, 0.1) is 0 Å². The molecule has 3 aromatic rings. The molecule has 1 atom stereocenters. The van der Waals surface area contributed by atoms with Crippen LogP contribution in [0.4, 0.5) is 0 Å². The van der Waals surface area contributed by atoms with Gasteiger partial charge in [0.2, 0.25) is 18.1 Å². The Kier molecular flexibility index (Phi) is 4.84. The molecular formula is C18H16N4O3. The van der Waals surface area contributed by atoms with Crippen LogP contribution in [0.1, 0.15) is 15.9 Å². The smallest absolute Gasteiger partial charge is 0.251 e. The van der Waals surface area contributed by atoms with Crippen LogP contribution in [0.3, 0.4) is 0 Å². The maximum absolute atomic E-state index is 12.5. The number of benzene rings is 2. The standard InChI is InChI=1S/C18H16N4O3/c19-16(23)15(9-12-5-2-1-3-6-12)21-18(24)14-8-4-7-13(10-14)17-20-11-25-22-17/h1-8,10-11,15H,9H2,(H2,19,23)(H,21,24)/t15-/m1/s1. The molecule has 7 heteroatoms. The molecule has 0 aliphatic carbocycles. The van der Waals surface area contributed by atoms with Gasteiger partial charge in [0.15, 0.2) is 0 Å². The second kappa shape index (κ2) is 7.39. The second-order valence-electron chi connectivity index (χ2n) is 5.45. The third-order valence-electron chi connectivity index (χ3n) is 3.68. The number of nitrogens with zero attached hydrogens (tertiary/aromatic N) is 2. The molecule has 126 valence electrons. The summed E-state index contributed by atoms with van der Waals surface area (Å²) in [4.78, 5) is 28.1. The van der Waals surface area contributed by atoms with Crippen molar-refractivity contribution in [3.05, 3.63) is 72.1 Å². The van der Waals surface area contributed by atoms with E-state index in [-0.39, 0.29) is 0 Å². The van der Waals surface area contributed by atoms with Gasteiger partial charge in [-0.05, 0) is 17.7 Å². The zero-order valence-electron chi connectivity index (χ0n) is 13.3. The summed E-state index contributed by atoms with van der Waals surface area (Å²) in [6, 6.07) is 15.3. The van der Waals surface area contributed by atoms with E-state index in [1.807, 2.05) is 30.3 Å². The van der Waals surface area contributed by atoms with E-state index in [0.717, 1.165) is 5.56 Å². The van der Waals surface area contributed by atoms with Gasteiger partial charge >= 0.3 is 0 Å². The lowest BCUT2D eigenvalue weighted by Gasteiger charge is -2.16. The van der Waals surface area contributed by atoms with Crippen molar-refractivity contribution >= 4 is 11.8 Å². The number of hydrogen-bond acceptors (Lipinski definition) is 5. The van der Waals surface area contributed by atoms with Crippen LogP contribution in [0.25, 0.3) is 11.4 Å². The molecule has 25 heavy (non-hydrogen) atoms. The van der Waals surface area contributed by atoms with Gasteiger partial charge in [0, 0.05) is 17.5 Å². The number of amides is 2. The molecule has 0 saturated heterocycles. The fraction of sp³-hybridized carbons (Fsp3) is 0.111. The van der Waals surface area contributed by atoms with E-state index in [1.165, 1.54) is 6.39 Å². The quantitative estimate of drug-likeness (QED) is 0.709. The topological polar surface area (TPSA) is 111 Å². The highest BCUT2D eigenvalue weighted by molar-refractivity contribution is 5.98. The molecule has 2 amide bonds. The lowest BCUT2D eigenvalue weighted by molar-refractivity contribution is -0.119. The monoisotopic (exact) mass is 336 g/mol. The first-order valence-corrected chi connectivity index (χ1v) is 7.64. The molecule has 0 fully saturated rings. The average molecular weight is 336 g/mol. The summed E-state index contributed by atoms with van der Waals surface area (Å²) < 4.78 is 4.71. The Hall–Kier alpha value is -3.48. The van der Waals surface area contributed by atoms with E-state index >= 15 is 0 Å². The van der Waals surface area contributed by atoms with Crippen molar-refractivity contribution in [2.75, 3.05) is 0 Å². The molecule has 0 spiro atoms. The van der Waals surface area contributed by atoms with Gasteiger partial charge in [-0.25, -0.2) is 0 Å². The Balaban J connectivity index is 1.75. The average Bonchev–Trinajstić information content (AvgIpc) is 3.17. The normalized spacial score (nSPS) is 11.7. The first kappa shape index (κ1) is 16.4. The Morgan fingerprint density at radius 3 is 2.60 bits per heavy atom. The lowest BCUT2D eigenvalue weighted by Crippen LogP contribution is -2.45. The molecule has 1 aromatic heterocycles. The molecule has 0 radical (unpaired) electrons. The van der Waals surface area contributed by atoms with E-state index in [9.17, 15) is 9.59 Å². The summed E-state index contributed by atoms with van der Waals surface area (Å²) in [5, 5.41) is 6.42. The Morgan fingerprint density at radius 1 is 1.12 bits per heavy atom. The van der Waals surface area contributed by atoms with Crippen LogP contribution in [-0.4, -0.2) is 28.0 Å². The summed E-state index contributed by atoms with van der Waals surface area (Å²) in [5.41, 5.74) is 7.36. The highest BCUT2D eigenvalue weighted by Gasteiger charge is 2.20. The maximum Gasteiger partial charge on any atom is 0.251 e. The Bertz CT molecular complexity index is 863. The van der Waals surface area contributed by atoms with E-state index in [1.54, 1.807) is 24.3 Å². The molecule has 2 aromatic carbocycles. The van der Waals surface area contributed by atoms with Crippen LogP contribution in [0.5, 0.6) is 0 Å². The van der Waals surface area contributed by atoms with Crippen molar-refractivity contribution in [1.82, 2.24) is 15.5 Å². The van der Waals surface area contributed by atoms with Crippen molar-refractivity contribution in [1.29, 1.82) is 0 Å². The molecule has 0 bridgehead atoms. The van der Waals surface area contributed by atoms with Gasteiger partial charge in [0.25, 0.3) is 5.91 Å². The summed E-state index contributed by atoms with van der Waals surface area (Å²) in [5.74, 6) is -0.609. The summed E-state index contributed by atoms with van der Waals surface area (Å²) in [6.07, 6.45) is 1.54. The second-order valence-corrected chi connectivity index (χ2v) is 5.45. The molecule has 3 rings (SSSR count). The summed E-state index contributed by atoms with van der Waals surface area (Å²) in [6.45, 7) is 0. The van der Waals surface area contributed by atoms with Gasteiger partial charge in [-0.3, -0.25) is 9.59 Å². The first-order valence-electron chi connectivity index (χ1n) is 7.64.